The average molecular weight is 776 g/mol. The number of rotatable bonds is 12. The first-order valence-corrected chi connectivity index (χ1v) is 15.8. The van der Waals surface area contributed by atoms with Gasteiger partial charge in [0.25, 0.3) is 0 Å². The van der Waals surface area contributed by atoms with E-state index in [0.29, 0.717) is 0 Å². The molecule has 1 saturated heterocycles. The van der Waals surface area contributed by atoms with Gasteiger partial charge in [-0.2, -0.15) is 13.2 Å². The molecular formula is C41H40F5N3O3S. The number of thioether (sulfide) groups is 1. The molecule has 12 heteroatoms. The minimum absolute atomic E-state index is 0.0202. The molecule has 0 bridgehead atoms. The van der Waals surface area contributed by atoms with Gasteiger partial charge in [0.05, 0.1) is 44.6 Å². The van der Waals surface area contributed by atoms with Crippen molar-refractivity contribution in [3.05, 3.63) is 135 Å². The average Bonchev–Trinajstić information content (AvgIpc) is 3.37. The number of aromatic nitrogens is 1. The van der Waals surface area contributed by atoms with Crippen molar-refractivity contribution in [2.45, 2.75) is 55.7 Å². The highest BCUT2D eigenvalue weighted by Gasteiger charge is 2.31. The Morgan fingerprint density at radius 3 is 2.43 bits per heavy atom. The number of halogens is 5. The summed E-state index contributed by atoms with van der Waals surface area (Å²) in [5, 5.41) is -2.47. The van der Waals surface area contributed by atoms with Gasteiger partial charge < -0.3 is 19.1 Å². The summed E-state index contributed by atoms with van der Waals surface area (Å²) in [6, 6.07) is -25.3. The highest BCUT2D eigenvalue weighted by Crippen LogP contribution is 2.32. The fraction of sp³-hybridized carbons (Fsp3) is 0.317. The van der Waals surface area contributed by atoms with E-state index in [1.54, 1.807) is 0 Å². The molecule has 1 aliphatic heterocycles. The van der Waals surface area contributed by atoms with E-state index >= 15 is 13.6 Å². The Morgan fingerprint density at radius 1 is 1.00 bits per heavy atom. The number of ether oxygens (including phenoxy) is 1. The largest absolute Gasteiger partial charge is 0.416 e. The van der Waals surface area contributed by atoms with Crippen molar-refractivity contribution in [3.8, 4) is 11.1 Å². The molecule has 0 saturated carbocycles. The van der Waals surface area contributed by atoms with Crippen molar-refractivity contribution in [3.63, 3.8) is 0 Å². The van der Waals surface area contributed by atoms with Crippen molar-refractivity contribution < 1.29 is 67.1 Å². The van der Waals surface area contributed by atoms with Crippen LogP contribution in [0.2, 0.25) is 0 Å². The van der Waals surface area contributed by atoms with Gasteiger partial charge in [-0.05, 0) is 72.1 Å². The van der Waals surface area contributed by atoms with E-state index in [0.717, 1.165) is 14.0 Å². The first kappa shape index (κ1) is 17.3. The van der Waals surface area contributed by atoms with Gasteiger partial charge in [0.2, 0.25) is 5.91 Å². The number of pyridine rings is 1. The highest BCUT2D eigenvalue weighted by molar-refractivity contribution is 7.98. The van der Waals surface area contributed by atoms with E-state index in [1.165, 1.54) is 0 Å². The van der Waals surface area contributed by atoms with Gasteiger partial charge in [-0.3, -0.25) is 9.59 Å². The fourth-order valence-corrected chi connectivity index (χ4v) is 5.31. The van der Waals surface area contributed by atoms with Gasteiger partial charge >= 0.3 is 6.18 Å². The molecule has 0 unspecified atom stereocenters. The second kappa shape index (κ2) is 16.7. The third-order valence-corrected chi connectivity index (χ3v) is 8.05. The Labute approximate surface area is 345 Å². The minimum atomic E-state index is -5.48. The summed E-state index contributed by atoms with van der Waals surface area (Å²) in [4.78, 5) is 29.4. The lowest BCUT2D eigenvalue weighted by Gasteiger charge is -2.39. The smallest absolute Gasteiger partial charge is 0.383 e. The number of likely N-dealkylation sites (tertiary alicyclic amines) is 1. The third kappa shape index (κ3) is 9.00. The van der Waals surface area contributed by atoms with Crippen LogP contribution < -0.4 is 5.43 Å². The Bertz CT molecular complexity index is 3380. The maximum absolute atomic E-state index is 15.7. The highest BCUT2D eigenvalue weighted by atomic mass is 32.2. The normalized spacial score (nSPS) is 25.9. The number of fused-ring (bicyclic) bond motifs is 1. The van der Waals surface area contributed by atoms with Gasteiger partial charge in [-0.25, -0.2) is 8.78 Å². The van der Waals surface area contributed by atoms with Crippen LogP contribution in [0.25, 0.3) is 22.0 Å². The molecule has 2 heterocycles. The molecule has 0 atom stereocenters. The Morgan fingerprint density at radius 2 is 1.72 bits per heavy atom. The number of hydrogen-bond acceptors (Lipinski definition) is 5. The maximum atomic E-state index is 15.7. The van der Waals surface area contributed by atoms with E-state index < -0.39 is 245 Å². The molecule has 1 fully saturated rings. The van der Waals surface area contributed by atoms with Crippen LogP contribution >= 0.6 is 11.8 Å². The second-order valence-corrected chi connectivity index (χ2v) is 11.5. The summed E-state index contributed by atoms with van der Waals surface area (Å²) >= 11 is -0.547. The van der Waals surface area contributed by atoms with Gasteiger partial charge in [-0.15, -0.1) is 11.8 Å². The summed E-state index contributed by atoms with van der Waals surface area (Å²) in [5.41, 5.74) is -14.1. The molecule has 1 aliphatic rings. The van der Waals surface area contributed by atoms with Crippen molar-refractivity contribution in [1.82, 2.24) is 14.4 Å². The van der Waals surface area contributed by atoms with Gasteiger partial charge in [0, 0.05) is 75.6 Å². The van der Waals surface area contributed by atoms with Crippen LogP contribution in [0.15, 0.2) is 100 Å². The van der Waals surface area contributed by atoms with Crippen molar-refractivity contribution in [1.29, 1.82) is 0 Å². The van der Waals surface area contributed by atoms with Crippen LogP contribution in [0, 0.1) is 18.6 Å². The Balaban J connectivity index is 1.75. The van der Waals surface area contributed by atoms with Crippen molar-refractivity contribution in [2.24, 2.45) is 0 Å². The predicted octanol–water partition coefficient (Wildman–Crippen LogP) is 8.71. The zero-order valence-electron chi connectivity index (χ0n) is 53.2. The molecule has 6 nitrogen and oxygen atoms in total. The zero-order valence-corrected chi connectivity index (χ0v) is 28.0. The monoisotopic (exact) mass is 775 g/mol. The molecule has 5 aromatic rings. The third-order valence-electron chi connectivity index (χ3n) is 7.23. The first-order chi connectivity index (χ1) is 35.8. The van der Waals surface area contributed by atoms with E-state index in [-0.39, 0.29) is 14.4 Å². The summed E-state index contributed by atoms with van der Waals surface area (Å²) in [7, 11) is 1.05. The Kier molecular flexibility index (Phi) is 5.44. The standard InChI is InChI=1S/C41H40F5N3O3S/c1-27-22-29(28-12-14-32(15-13-28)41(44,45)46)10-11-30(27)24-48(33-16-18-47(19-17-33)20-21-52-2)38(51)25-49-36-9-4-3-7-34(36)37(50)23-39(49)53-26-31-6-5-8-35(42)40(31)43/h3-15,22-23,33H,16-21,24-26H2,1-2H3/i3D,4D,5D,6D,7D,8D,9D,10D,11D,12D,13D,14D,15D,16D2,17D2,18D2,19D2,22D,23D,26D2,33D. The Hall–Kier alpha value is -4.52. The number of carbonyl (C=O) groups is 1. The molecular weight excluding hydrogens is 710 g/mol. The summed E-state index contributed by atoms with van der Waals surface area (Å²) < 4.78 is 306. The lowest BCUT2D eigenvalue weighted by atomic mass is 9.97. The molecule has 0 aliphatic carbocycles. The number of para-hydroxylation sites is 1. The predicted molar refractivity (Wildman–Crippen MR) is 198 cm³/mol. The molecule has 4 aromatic carbocycles. The SMILES string of the molecule is [2H]c1c([2H])c(F)c(F)c(C([2H])([2H])Sc2c([2H])c(=O)c3c([2H])c([2H])c([2H])c([2H])c3n2CC(=O)N(Cc2c([2H])c([2H])c(-c3c([2H])c([2H])c(C(F)(F)F)c([2H])c3[2H])c([2H])c2C)C2([2H])C([2H])([2H])C([2H])([2H])N(CCOC)C([2H])([2H])C2([2H])[2H])c1[2H]. The molecule has 6 rings (SSSR count). The molecule has 278 valence electrons. The number of hydrogen-bond donors (Lipinski definition) is 0. The number of alkyl halides is 3. The van der Waals surface area contributed by atoms with Crippen LogP contribution in [0.4, 0.5) is 22.0 Å². The summed E-state index contributed by atoms with van der Waals surface area (Å²) in [6.45, 7) is -12.3. The maximum Gasteiger partial charge on any atom is 0.416 e. The number of benzene rings is 4. The summed E-state index contributed by atoms with van der Waals surface area (Å²) in [6.07, 6.45) is -14.1. The van der Waals surface area contributed by atoms with Crippen molar-refractivity contribution >= 4 is 28.6 Å². The molecule has 1 aromatic heterocycles. The first-order valence-electron chi connectivity index (χ1n) is 28.0. The van der Waals surface area contributed by atoms with Crippen LogP contribution in [0.1, 0.15) is 70.6 Å². The van der Waals surface area contributed by atoms with E-state index in [9.17, 15) is 24.8 Å². The lowest BCUT2D eigenvalue weighted by molar-refractivity contribution is -0.137. The second-order valence-electron chi connectivity index (χ2n) is 10.7. The fourth-order valence-electron chi connectivity index (χ4n) is 4.56. The van der Waals surface area contributed by atoms with E-state index in [2.05, 4.69) is 0 Å². The van der Waals surface area contributed by atoms with E-state index in [4.69, 9.17) is 33.5 Å². The summed E-state index contributed by atoms with van der Waals surface area (Å²) in [5.74, 6) is -6.47. The number of carbonyl (C=O) groups excluding carboxylic acids is 1. The van der Waals surface area contributed by atoms with Gasteiger partial charge in [0.1, 0.15) is 6.54 Å². The topological polar surface area (TPSA) is 54.8 Å². The lowest BCUT2D eigenvalue weighted by Crippen LogP contribution is -2.48. The molecule has 0 spiro atoms. The number of amides is 1. The zero-order chi connectivity index (χ0) is 60.6. The van der Waals surface area contributed by atoms with Crippen LogP contribution in [-0.4, -0.2) is 59.5 Å². The number of methoxy groups -OCH3 is 1. The van der Waals surface area contributed by atoms with E-state index in [1.807, 2.05) is 0 Å². The van der Waals surface area contributed by atoms with Crippen LogP contribution in [0.3, 0.4) is 0 Å². The minimum Gasteiger partial charge on any atom is -0.383 e. The van der Waals surface area contributed by atoms with Gasteiger partial charge in [0.15, 0.2) is 17.1 Å². The molecule has 53 heavy (non-hydrogen) atoms. The van der Waals surface area contributed by atoms with Crippen molar-refractivity contribution in [2.75, 3.05) is 33.3 Å². The molecule has 0 N–H and O–H groups in total. The molecule has 1 amide bonds. The molecule has 0 radical (unpaired) electrons. The number of piperidine rings is 1. The number of nitrogens with zero attached hydrogens (tertiary/aromatic N) is 3. The quantitative estimate of drug-likeness (QED) is 0.0939. The van der Waals surface area contributed by atoms with Gasteiger partial charge in [-0.1, -0.05) is 54.4 Å². The van der Waals surface area contributed by atoms with Crippen LogP contribution in [-0.2, 0) is 34.5 Å². The van der Waals surface area contributed by atoms with Crippen LogP contribution in [0.5, 0.6) is 0 Å².